The summed E-state index contributed by atoms with van der Waals surface area (Å²) in [7, 11) is 0. The molecular weight excluding hydrogens is 268 g/mol. The van der Waals surface area contributed by atoms with Crippen molar-refractivity contribution in [1.82, 2.24) is 14.9 Å². The highest BCUT2D eigenvalue weighted by Crippen LogP contribution is 2.33. The average molecular weight is 290 g/mol. The number of anilines is 1. The van der Waals surface area contributed by atoms with Gasteiger partial charge in [0, 0.05) is 38.1 Å². The highest BCUT2D eigenvalue weighted by atomic mass is 16.2. The zero-order chi connectivity index (χ0) is 14.8. The lowest BCUT2D eigenvalue weighted by Gasteiger charge is -2.32. The van der Waals surface area contributed by atoms with Gasteiger partial charge >= 0.3 is 0 Å². The first-order valence-corrected chi connectivity index (χ1v) is 7.80. The molecule has 1 amide bonds. The Morgan fingerprint density at radius 1 is 1.43 bits per heavy atom. The van der Waals surface area contributed by atoms with Crippen molar-refractivity contribution >= 4 is 11.7 Å². The molecule has 0 unspecified atom stereocenters. The Balaban J connectivity index is 1.78. The third kappa shape index (κ3) is 2.94. The van der Waals surface area contributed by atoms with Gasteiger partial charge < -0.3 is 14.8 Å². The number of carbonyl (C=O) groups excluding carboxylic acids is 1. The number of hydrogen-bond acceptors (Lipinski definition) is 4. The van der Waals surface area contributed by atoms with Crippen LogP contribution in [0.25, 0.3) is 0 Å². The lowest BCUT2D eigenvalue weighted by molar-refractivity contribution is -0.125. The normalized spacial score (nSPS) is 22.1. The van der Waals surface area contributed by atoms with Crippen molar-refractivity contribution in [1.29, 1.82) is 0 Å². The van der Waals surface area contributed by atoms with Crippen molar-refractivity contribution in [3.63, 3.8) is 0 Å². The van der Waals surface area contributed by atoms with E-state index in [1.54, 1.807) is 17.0 Å². The number of nitrogens with zero attached hydrogens (tertiary/aromatic N) is 3. The molecule has 0 aromatic carbocycles. The first-order valence-electron chi connectivity index (χ1n) is 7.80. The van der Waals surface area contributed by atoms with Crippen LogP contribution in [0.3, 0.4) is 0 Å². The second kappa shape index (κ2) is 5.87. The maximum Gasteiger partial charge on any atom is 0.293 e. The number of rotatable bonds is 4. The van der Waals surface area contributed by atoms with E-state index in [0.717, 1.165) is 32.2 Å². The highest BCUT2D eigenvalue weighted by molar-refractivity contribution is 5.79. The predicted molar refractivity (Wildman–Crippen MR) is 80.4 cm³/mol. The van der Waals surface area contributed by atoms with E-state index >= 15 is 0 Å². The predicted octanol–water partition coefficient (Wildman–Crippen LogP) is 0.931. The Bertz CT molecular complexity index is 579. The van der Waals surface area contributed by atoms with Crippen LogP contribution in [0.4, 0.5) is 5.82 Å². The Labute approximate surface area is 124 Å². The summed E-state index contributed by atoms with van der Waals surface area (Å²) in [6.45, 7) is 3.95. The fourth-order valence-electron chi connectivity index (χ4n) is 2.97. The van der Waals surface area contributed by atoms with Crippen molar-refractivity contribution < 1.29 is 4.79 Å². The van der Waals surface area contributed by atoms with Crippen LogP contribution in [0.1, 0.15) is 38.6 Å². The number of carbonyl (C=O) groups is 1. The lowest BCUT2D eigenvalue weighted by atomic mass is 9.97. The molecule has 1 saturated carbocycles. The molecular formula is C15H22N4O2. The van der Waals surface area contributed by atoms with Crippen LogP contribution in [-0.4, -0.2) is 35.1 Å². The Morgan fingerprint density at radius 2 is 2.24 bits per heavy atom. The molecule has 6 heteroatoms. The van der Waals surface area contributed by atoms with Gasteiger partial charge in [-0.2, -0.15) is 0 Å². The second-order valence-electron chi connectivity index (χ2n) is 5.87. The van der Waals surface area contributed by atoms with Gasteiger partial charge in [0.25, 0.3) is 5.56 Å². The van der Waals surface area contributed by atoms with Crippen LogP contribution in [0.15, 0.2) is 17.2 Å². The van der Waals surface area contributed by atoms with Gasteiger partial charge in [0.2, 0.25) is 5.91 Å². The van der Waals surface area contributed by atoms with Crippen LogP contribution in [0, 0.1) is 5.92 Å². The molecule has 1 aromatic rings. The summed E-state index contributed by atoms with van der Waals surface area (Å²) in [5, 5.41) is 2.87. The Kier molecular flexibility index (Phi) is 3.94. The zero-order valence-corrected chi connectivity index (χ0v) is 12.4. The maximum atomic E-state index is 12.5. The molecule has 2 fully saturated rings. The van der Waals surface area contributed by atoms with E-state index in [4.69, 9.17) is 0 Å². The molecule has 3 rings (SSSR count). The van der Waals surface area contributed by atoms with Gasteiger partial charge in [-0.05, 0) is 32.6 Å². The van der Waals surface area contributed by atoms with Crippen molar-refractivity contribution in [2.75, 3.05) is 24.5 Å². The fourth-order valence-corrected chi connectivity index (χ4v) is 2.97. The van der Waals surface area contributed by atoms with E-state index in [9.17, 15) is 9.59 Å². The highest BCUT2D eigenvalue weighted by Gasteiger charge is 2.30. The van der Waals surface area contributed by atoms with Crippen LogP contribution >= 0.6 is 0 Å². The van der Waals surface area contributed by atoms with Crippen LogP contribution in [0.2, 0.25) is 0 Å². The number of amides is 1. The van der Waals surface area contributed by atoms with Crippen LogP contribution in [0.5, 0.6) is 0 Å². The van der Waals surface area contributed by atoms with E-state index < -0.39 is 0 Å². The number of hydrogen-bond donors (Lipinski definition) is 1. The molecule has 1 atom stereocenters. The number of aromatic nitrogens is 2. The van der Waals surface area contributed by atoms with Gasteiger partial charge in [0.05, 0.1) is 5.92 Å². The van der Waals surface area contributed by atoms with Crippen LogP contribution < -0.4 is 15.8 Å². The van der Waals surface area contributed by atoms with Gasteiger partial charge in [-0.25, -0.2) is 4.98 Å². The van der Waals surface area contributed by atoms with Gasteiger partial charge in [0.15, 0.2) is 5.82 Å². The maximum absolute atomic E-state index is 12.5. The quantitative estimate of drug-likeness (QED) is 0.896. The molecule has 1 saturated heterocycles. The lowest BCUT2D eigenvalue weighted by Crippen LogP contribution is -2.45. The zero-order valence-electron chi connectivity index (χ0n) is 12.4. The Morgan fingerprint density at radius 3 is 2.95 bits per heavy atom. The first kappa shape index (κ1) is 14.1. The topological polar surface area (TPSA) is 67.2 Å². The van der Waals surface area contributed by atoms with Gasteiger partial charge in [-0.3, -0.25) is 9.59 Å². The third-order valence-corrected chi connectivity index (χ3v) is 4.23. The minimum Gasteiger partial charge on any atom is -0.356 e. The van der Waals surface area contributed by atoms with Gasteiger partial charge in [-0.15, -0.1) is 0 Å². The smallest absolute Gasteiger partial charge is 0.293 e. The van der Waals surface area contributed by atoms with Gasteiger partial charge in [0.1, 0.15) is 0 Å². The second-order valence-corrected chi connectivity index (χ2v) is 5.87. The van der Waals surface area contributed by atoms with Crippen LogP contribution in [-0.2, 0) is 4.79 Å². The molecule has 114 valence electrons. The monoisotopic (exact) mass is 290 g/mol. The largest absolute Gasteiger partial charge is 0.356 e. The van der Waals surface area contributed by atoms with Crippen molar-refractivity contribution in [3.8, 4) is 0 Å². The number of nitrogens with one attached hydrogen (secondary N) is 1. The summed E-state index contributed by atoms with van der Waals surface area (Å²) in [6.07, 6.45) is 7.42. The molecule has 1 N–H and O–H groups in total. The molecule has 0 bridgehead atoms. The Hall–Kier alpha value is -1.85. The van der Waals surface area contributed by atoms with Crippen molar-refractivity contribution in [2.45, 2.75) is 38.6 Å². The first-order chi connectivity index (χ1) is 10.2. The number of piperidine rings is 1. The summed E-state index contributed by atoms with van der Waals surface area (Å²) < 4.78 is 1.79. The molecule has 1 aliphatic heterocycles. The summed E-state index contributed by atoms with van der Waals surface area (Å²) in [4.78, 5) is 30.8. The van der Waals surface area contributed by atoms with E-state index in [0.29, 0.717) is 24.9 Å². The van der Waals surface area contributed by atoms with Crippen molar-refractivity contribution in [2.24, 2.45) is 5.92 Å². The molecule has 0 radical (unpaired) electrons. The average Bonchev–Trinajstić information content (AvgIpc) is 3.32. The SMILES string of the molecule is CCNC(=O)[C@H]1CCCN(c2nccn(C3CC3)c2=O)C1. The fraction of sp³-hybridized carbons (Fsp3) is 0.667. The molecule has 2 heterocycles. The van der Waals surface area contributed by atoms with E-state index in [1.807, 2.05) is 11.8 Å². The van der Waals surface area contributed by atoms with E-state index in [2.05, 4.69) is 10.3 Å². The van der Waals surface area contributed by atoms with E-state index in [1.165, 1.54) is 0 Å². The summed E-state index contributed by atoms with van der Waals surface area (Å²) >= 11 is 0. The minimum absolute atomic E-state index is 0.0171. The van der Waals surface area contributed by atoms with Crippen molar-refractivity contribution in [3.05, 3.63) is 22.7 Å². The summed E-state index contributed by atoms with van der Waals surface area (Å²) in [5.41, 5.74) is -0.0171. The third-order valence-electron chi connectivity index (χ3n) is 4.23. The molecule has 1 aromatic heterocycles. The van der Waals surface area contributed by atoms with Gasteiger partial charge in [-0.1, -0.05) is 0 Å². The molecule has 6 nitrogen and oxygen atoms in total. The molecule has 0 spiro atoms. The van der Waals surface area contributed by atoms with E-state index in [-0.39, 0.29) is 17.4 Å². The summed E-state index contributed by atoms with van der Waals surface area (Å²) in [6, 6.07) is 0.350. The minimum atomic E-state index is -0.0468. The molecule has 1 aliphatic carbocycles. The molecule has 2 aliphatic rings. The summed E-state index contributed by atoms with van der Waals surface area (Å²) in [5.74, 6) is 0.536. The standard InChI is InChI=1S/C15H22N4O2/c1-2-16-14(20)11-4-3-8-18(10-11)13-15(21)19(9-7-17-13)12-5-6-12/h7,9,11-12H,2-6,8,10H2,1H3,(H,16,20)/t11-/m0/s1. The molecule has 21 heavy (non-hydrogen) atoms.